The van der Waals surface area contributed by atoms with Crippen LogP contribution in [-0.4, -0.2) is 28.3 Å². The molecule has 0 bridgehead atoms. The minimum Gasteiger partial charge on any atom is -0.455 e. The molecular formula is C22H16BrF2N3O2S2. The minimum absolute atomic E-state index is 0.162. The maximum absolute atomic E-state index is 12.4. The highest BCUT2D eigenvalue weighted by Crippen LogP contribution is 2.28. The van der Waals surface area contributed by atoms with Gasteiger partial charge in [-0.2, -0.15) is 13.9 Å². The van der Waals surface area contributed by atoms with Gasteiger partial charge in [0.05, 0.1) is 11.5 Å². The third kappa shape index (κ3) is 6.08. The summed E-state index contributed by atoms with van der Waals surface area (Å²) < 4.78 is 31.6. The van der Waals surface area contributed by atoms with E-state index in [4.69, 9.17) is 4.42 Å². The van der Waals surface area contributed by atoms with Gasteiger partial charge in [-0.15, -0.1) is 5.10 Å². The van der Waals surface area contributed by atoms with Crippen LogP contribution in [0.15, 0.2) is 84.7 Å². The Balaban J connectivity index is 1.34. The number of nitrogens with zero attached hydrogens (tertiary/aromatic N) is 2. The second kappa shape index (κ2) is 10.5. The maximum Gasteiger partial charge on any atom is 0.288 e. The van der Waals surface area contributed by atoms with Crippen LogP contribution in [0.4, 0.5) is 8.78 Å². The van der Waals surface area contributed by atoms with Crippen molar-refractivity contribution in [1.82, 2.24) is 5.32 Å². The van der Waals surface area contributed by atoms with Crippen LogP contribution in [0.25, 0.3) is 11.3 Å². The molecule has 0 spiro atoms. The number of hydrogen-bond donors (Lipinski definition) is 1. The normalized spacial score (nSPS) is 17.6. The Morgan fingerprint density at radius 2 is 1.88 bits per heavy atom. The fraction of sp³-hybridized carbons (Fsp3) is 0.136. The van der Waals surface area contributed by atoms with E-state index in [9.17, 15) is 13.6 Å². The number of benzene rings is 2. The molecule has 0 saturated carbocycles. The lowest BCUT2D eigenvalue weighted by Gasteiger charge is -2.06. The third-order valence-corrected chi connectivity index (χ3v) is 6.76. The monoisotopic (exact) mass is 535 g/mol. The van der Waals surface area contributed by atoms with Crippen molar-refractivity contribution in [2.45, 2.75) is 22.3 Å². The fourth-order valence-electron chi connectivity index (χ4n) is 2.94. The first-order chi connectivity index (χ1) is 15.5. The molecule has 1 atom stereocenters. The number of thioether (sulfide) groups is 2. The van der Waals surface area contributed by atoms with Crippen molar-refractivity contribution in [3.05, 3.63) is 76.5 Å². The molecule has 2 aromatic carbocycles. The quantitative estimate of drug-likeness (QED) is 0.222. The van der Waals surface area contributed by atoms with E-state index < -0.39 is 5.76 Å². The number of hydrogen-bond acceptors (Lipinski definition) is 6. The van der Waals surface area contributed by atoms with Gasteiger partial charge in [0.15, 0.2) is 5.17 Å². The molecule has 0 aliphatic carbocycles. The molecule has 3 aromatic rings. The van der Waals surface area contributed by atoms with Crippen molar-refractivity contribution in [3.63, 3.8) is 0 Å². The van der Waals surface area contributed by atoms with Crippen LogP contribution >= 0.6 is 39.5 Å². The van der Waals surface area contributed by atoms with Gasteiger partial charge in [-0.3, -0.25) is 4.79 Å². The highest BCUT2D eigenvalue weighted by molar-refractivity contribution is 9.10. The summed E-state index contributed by atoms with van der Waals surface area (Å²) in [5, 5.41) is 10.8. The number of nitrogens with one attached hydrogen (secondary N) is 1. The summed E-state index contributed by atoms with van der Waals surface area (Å²) in [5.41, 5.74) is 1.83. The zero-order valence-corrected chi connectivity index (χ0v) is 19.6. The number of amides is 1. The number of carbonyl (C=O) groups is 1. The van der Waals surface area contributed by atoms with Gasteiger partial charge in [-0.1, -0.05) is 63.7 Å². The van der Waals surface area contributed by atoms with Crippen molar-refractivity contribution in [3.8, 4) is 11.3 Å². The molecule has 1 fully saturated rings. The zero-order chi connectivity index (χ0) is 22.5. The topological polar surface area (TPSA) is 67.0 Å². The summed E-state index contributed by atoms with van der Waals surface area (Å²) in [6, 6.07) is 18.2. The van der Waals surface area contributed by atoms with E-state index in [-0.39, 0.29) is 11.2 Å². The molecule has 1 aliphatic heterocycles. The molecule has 1 aliphatic rings. The van der Waals surface area contributed by atoms with Gasteiger partial charge >= 0.3 is 0 Å². The number of rotatable bonds is 7. The van der Waals surface area contributed by atoms with E-state index >= 15 is 0 Å². The van der Waals surface area contributed by atoms with Crippen molar-refractivity contribution < 1.29 is 18.0 Å². The zero-order valence-electron chi connectivity index (χ0n) is 16.4. The SMILES string of the molecule is O=C1N/C(=N/N=C/c2ccc(-c3ccc(Br)cc3)o2)SC1Cc1ccc(SC(F)F)cc1. The van der Waals surface area contributed by atoms with E-state index in [0.717, 1.165) is 15.6 Å². The highest BCUT2D eigenvalue weighted by atomic mass is 79.9. The molecule has 1 saturated heterocycles. The molecule has 1 aromatic heterocycles. The smallest absolute Gasteiger partial charge is 0.288 e. The van der Waals surface area contributed by atoms with Gasteiger partial charge in [0.2, 0.25) is 5.91 Å². The number of amidine groups is 1. The van der Waals surface area contributed by atoms with Crippen LogP contribution in [0.5, 0.6) is 0 Å². The average molecular weight is 536 g/mol. The van der Waals surface area contributed by atoms with Crippen molar-refractivity contribution >= 4 is 56.7 Å². The molecule has 1 unspecified atom stereocenters. The molecule has 4 rings (SSSR count). The predicted molar refractivity (Wildman–Crippen MR) is 128 cm³/mol. The lowest BCUT2D eigenvalue weighted by atomic mass is 10.1. The van der Waals surface area contributed by atoms with Crippen molar-refractivity contribution in [2.24, 2.45) is 10.2 Å². The summed E-state index contributed by atoms with van der Waals surface area (Å²) in [7, 11) is 0. The Hall–Kier alpha value is -2.43. The largest absolute Gasteiger partial charge is 0.455 e. The van der Waals surface area contributed by atoms with Crippen molar-refractivity contribution in [2.75, 3.05) is 0 Å². The number of furan rings is 1. The summed E-state index contributed by atoms with van der Waals surface area (Å²) >= 11 is 5.18. The lowest BCUT2D eigenvalue weighted by Crippen LogP contribution is -2.25. The van der Waals surface area contributed by atoms with Crippen LogP contribution in [-0.2, 0) is 11.2 Å². The average Bonchev–Trinajstić information content (AvgIpc) is 3.36. The molecule has 1 amide bonds. The second-order valence-corrected chi connectivity index (χ2v) is 9.85. The van der Waals surface area contributed by atoms with Crippen LogP contribution in [0.1, 0.15) is 11.3 Å². The first-order valence-electron chi connectivity index (χ1n) is 9.44. The van der Waals surface area contributed by atoms with E-state index in [0.29, 0.717) is 39.8 Å². The fourth-order valence-corrected chi connectivity index (χ4v) is 4.67. The first-order valence-corrected chi connectivity index (χ1v) is 12.0. The van der Waals surface area contributed by atoms with E-state index in [1.807, 2.05) is 30.3 Å². The van der Waals surface area contributed by atoms with Crippen LogP contribution < -0.4 is 5.32 Å². The van der Waals surface area contributed by atoms with Crippen molar-refractivity contribution in [1.29, 1.82) is 0 Å². The molecule has 10 heteroatoms. The summed E-state index contributed by atoms with van der Waals surface area (Å²) in [4.78, 5) is 12.7. The standard InChI is InChI=1S/C22H16BrF2N3O2S2/c23-15-5-3-14(4-6-15)18-10-7-16(30-18)12-26-28-22-27-20(29)19(32-22)11-13-1-8-17(9-2-13)31-21(24)25/h1-10,12,19,21H,11H2,(H,27,28,29)/b26-12+. The summed E-state index contributed by atoms with van der Waals surface area (Å²) in [6.07, 6.45) is 1.95. The molecule has 32 heavy (non-hydrogen) atoms. The molecule has 2 heterocycles. The Bertz CT molecular complexity index is 1150. The van der Waals surface area contributed by atoms with Crippen LogP contribution in [0.2, 0.25) is 0 Å². The van der Waals surface area contributed by atoms with Crippen LogP contribution in [0, 0.1) is 0 Å². The van der Waals surface area contributed by atoms with Gasteiger partial charge in [-0.25, -0.2) is 0 Å². The minimum atomic E-state index is -2.45. The van der Waals surface area contributed by atoms with E-state index in [1.54, 1.807) is 30.3 Å². The summed E-state index contributed by atoms with van der Waals surface area (Å²) in [6.45, 7) is 0. The van der Waals surface area contributed by atoms with Gasteiger partial charge in [0, 0.05) is 14.9 Å². The molecular weight excluding hydrogens is 520 g/mol. The second-order valence-electron chi connectivity index (χ2n) is 6.68. The third-order valence-electron chi connectivity index (χ3n) is 4.44. The molecule has 0 radical (unpaired) electrons. The maximum atomic E-state index is 12.4. The number of halogens is 3. The van der Waals surface area contributed by atoms with Gasteiger partial charge < -0.3 is 9.73 Å². The first kappa shape index (κ1) is 22.8. The van der Waals surface area contributed by atoms with E-state index in [1.165, 1.54) is 18.0 Å². The molecule has 1 N–H and O–H groups in total. The lowest BCUT2D eigenvalue weighted by molar-refractivity contribution is -0.118. The van der Waals surface area contributed by atoms with Gasteiger partial charge in [0.25, 0.3) is 5.76 Å². The Morgan fingerprint density at radius 3 is 2.59 bits per heavy atom. The number of carbonyl (C=O) groups excluding carboxylic acids is 1. The predicted octanol–water partition coefficient (Wildman–Crippen LogP) is 6.19. The van der Waals surface area contributed by atoms with Gasteiger partial charge in [-0.05, 0) is 48.4 Å². The Morgan fingerprint density at radius 1 is 1.12 bits per heavy atom. The van der Waals surface area contributed by atoms with Gasteiger partial charge in [0.1, 0.15) is 11.5 Å². The Kier molecular flexibility index (Phi) is 7.44. The van der Waals surface area contributed by atoms with Crippen LogP contribution in [0.3, 0.4) is 0 Å². The Labute approximate surface area is 199 Å². The van der Waals surface area contributed by atoms with E-state index in [2.05, 4.69) is 31.4 Å². The summed E-state index contributed by atoms with van der Waals surface area (Å²) in [5.74, 6) is -1.36. The molecule has 5 nitrogen and oxygen atoms in total. The number of alkyl halides is 2. The molecule has 164 valence electrons. The highest BCUT2D eigenvalue weighted by Gasteiger charge is 2.30.